The summed E-state index contributed by atoms with van der Waals surface area (Å²) >= 11 is 5.64. The van der Waals surface area contributed by atoms with Crippen LogP contribution >= 0.6 is 11.6 Å². The summed E-state index contributed by atoms with van der Waals surface area (Å²) in [6, 6.07) is 15.1. The van der Waals surface area contributed by atoms with Crippen LogP contribution in [0.15, 0.2) is 60.7 Å². The van der Waals surface area contributed by atoms with Crippen LogP contribution in [-0.4, -0.2) is 42.9 Å². The number of carbonyl (C=O) groups is 1. The molecule has 5 N–H and O–H groups in total. The first-order chi connectivity index (χ1) is 19.4. The number of phenolic OH excluding ortho intramolecular Hbond substituents is 1. The van der Waals surface area contributed by atoms with Gasteiger partial charge in [-0.15, -0.1) is 0 Å². The molecule has 8 nitrogen and oxygen atoms in total. The molecule has 0 aromatic heterocycles. The number of aliphatic hydroxyl groups is 1. The van der Waals surface area contributed by atoms with E-state index < -0.39 is 38.4 Å². The summed E-state index contributed by atoms with van der Waals surface area (Å²) in [5, 5.41) is 26.1. The molecule has 0 unspecified atom stereocenters. The van der Waals surface area contributed by atoms with Crippen LogP contribution in [0, 0.1) is 0 Å². The second-order valence-corrected chi connectivity index (χ2v) is 12.8. The Morgan fingerprint density at radius 3 is 2.21 bits per heavy atom. The van der Waals surface area contributed by atoms with Gasteiger partial charge < -0.3 is 20.8 Å². The van der Waals surface area contributed by atoms with Crippen molar-refractivity contribution in [1.82, 2.24) is 10.6 Å². The van der Waals surface area contributed by atoms with Crippen molar-refractivity contribution in [2.45, 2.75) is 51.1 Å². The Balaban J connectivity index is 1.51. The van der Waals surface area contributed by atoms with Gasteiger partial charge in [-0.25, -0.2) is 8.42 Å². The van der Waals surface area contributed by atoms with E-state index in [9.17, 15) is 36.6 Å². The number of hydrogen-bond donors (Lipinski definition) is 5. The summed E-state index contributed by atoms with van der Waals surface area (Å²) < 4.78 is 64.4. The van der Waals surface area contributed by atoms with Gasteiger partial charge in [0.1, 0.15) is 5.75 Å². The number of carbonyl (C=O) groups excluding carboxylic acids is 1. The van der Waals surface area contributed by atoms with E-state index in [1.54, 1.807) is 12.1 Å². The Hall–Kier alpha value is -3.32. The molecule has 0 saturated carbocycles. The fourth-order valence-corrected chi connectivity index (χ4v) is 5.02. The van der Waals surface area contributed by atoms with Gasteiger partial charge in [0, 0.05) is 18.6 Å². The number of sulfonamides is 1. The molecule has 0 saturated heterocycles. The Kier molecular flexibility index (Phi) is 10.5. The standard InChI is InChI=1S/C29H33ClF3N3O5S/c1-28(2,35-17-26(38)21-9-11-25(37)24(14-21)36-42(3,40)41)15-19-6-4-18(5-7-19)13-27(39)34-16-20-8-10-23(30)22(12-20)29(31,32)33/h4-12,14,26,35-38H,13,15-17H2,1-3H3,(H,34,39)/t26-/m0/s1. The number of halogens is 4. The van der Waals surface area contributed by atoms with Crippen LogP contribution < -0.4 is 15.4 Å². The van der Waals surface area contributed by atoms with Gasteiger partial charge in [-0.05, 0) is 66.8 Å². The lowest BCUT2D eigenvalue weighted by atomic mass is 9.93. The smallest absolute Gasteiger partial charge is 0.417 e. The van der Waals surface area contributed by atoms with Crippen molar-refractivity contribution in [3.05, 3.63) is 93.5 Å². The third kappa shape index (κ3) is 10.2. The Morgan fingerprint density at radius 1 is 0.976 bits per heavy atom. The maximum atomic E-state index is 13.1. The summed E-state index contributed by atoms with van der Waals surface area (Å²) in [7, 11) is -3.61. The van der Waals surface area contributed by atoms with Crippen LogP contribution in [0.3, 0.4) is 0 Å². The quantitative estimate of drug-likeness (QED) is 0.181. The summed E-state index contributed by atoms with van der Waals surface area (Å²) in [5.41, 5.74) is 0.982. The Morgan fingerprint density at radius 2 is 1.60 bits per heavy atom. The number of phenols is 1. The summed E-state index contributed by atoms with van der Waals surface area (Å²) in [5.74, 6) is -0.599. The maximum Gasteiger partial charge on any atom is 0.417 e. The van der Waals surface area contributed by atoms with Crippen molar-refractivity contribution in [3.63, 3.8) is 0 Å². The van der Waals surface area contributed by atoms with Crippen LogP contribution in [-0.2, 0) is 40.4 Å². The minimum absolute atomic E-state index is 0.0253. The molecule has 0 aliphatic rings. The molecule has 0 fully saturated rings. The van der Waals surface area contributed by atoms with Gasteiger partial charge in [-0.3, -0.25) is 9.52 Å². The first-order valence-electron chi connectivity index (χ1n) is 12.9. The number of anilines is 1. The number of aromatic hydroxyl groups is 1. The number of nitrogens with one attached hydrogen (secondary N) is 3. The molecule has 1 atom stereocenters. The van der Waals surface area contributed by atoms with Gasteiger partial charge in [0.2, 0.25) is 15.9 Å². The Labute approximate surface area is 248 Å². The van der Waals surface area contributed by atoms with Crippen LogP contribution in [0.5, 0.6) is 5.75 Å². The molecule has 0 heterocycles. The maximum absolute atomic E-state index is 13.1. The van der Waals surface area contributed by atoms with E-state index in [1.165, 1.54) is 24.3 Å². The molecule has 0 aliphatic carbocycles. The van der Waals surface area contributed by atoms with Crippen molar-refractivity contribution in [3.8, 4) is 5.75 Å². The van der Waals surface area contributed by atoms with Crippen LogP contribution in [0.2, 0.25) is 5.02 Å². The highest BCUT2D eigenvalue weighted by atomic mass is 35.5. The lowest BCUT2D eigenvalue weighted by Gasteiger charge is -2.28. The van der Waals surface area contributed by atoms with Crippen molar-refractivity contribution in [1.29, 1.82) is 0 Å². The van der Waals surface area contributed by atoms with Gasteiger partial charge in [-0.2, -0.15) is 13.2 Å². The Bertz CT molecular complexity index is 1510. The van der Waals surface area contributed by atoms with E-state index in [4.69, 9.17) is 11.6 Å². The third-order valence-electron chi connectivity index (χ3n) is 6.33. The average Bonchev–Trinajstić information content (AvgIpc) is 2.87. The largest absolute Gasteiger partial charge is 0.506 e. The number of alkyl halides is 3. The minimum Gasteiger partial charge on any atom is -0.506 e. The summed E-state index contributed by atoms with van der Waals surface area (Å²) in [6.45, 7) is 4.00. The molecule has 0 radical (unpaired) electrons. The third-order valence-corrected chi connectivity index (χ3v) is 7.25. The van der Waals surface area contributed by atoms with Crippen molar-refractivity contribution >= 4 is 33.2 Å². The molecule has 42 heavy (non-hydrogen) atoms. The zero-order valence-corrected chi connectivity index (χ0v) is 24.8. The van der Waals surface area contributed by atoms with E-state index >= 15 is 0 Å². The normalized spacial score (nSPS) is 13.0. The SMILES string of the molecule is CC(C)(Cc1ccc(CC(=O)NCc2ccc(Cl)c(C(F)(F)F)c2)cc1)NC[C@H](O)c1ccc(O)c(NS(C)(=O)=O)c1. The summed E-state index contributed by atoms with van der Waals surface area (Å²) in [6.07, 6.45) is -3.96. The zero-order chi connectivity index (χ0) is 31.3. The monoisotopic (exact) mass is 627 g/mol. The molecular formula is C29H33ClF3N3O5S. The van der Waals surface area contributed by atoms with Crippen LogP contribution in [0.4, 0.5) is 18.9 Å². The number of hydrogen-bond acceptors (Lipinski definition) is 6. The summed E-state index contributed by atoms with van der Waals surface area (Å²) in [4.78, 5) is 12.4. The first kappa shape index (κ1) is 33.2. The second-order valence-electron chi connectivity index (χ2n) is 10.7. The fraction of sp³-hybridized carbons (Fsp3) is 0.345. The predicted octanol–water partition coefficient (Wildman–Crippen LogP) is 4.94. The molecular weight excluding hydrogens is 595 g/mol. The molecule has 13 heteroatoms. The molecule has 0 bridgehead atoms. The van der Waals surface area contributed by atoms with E-state index in [1.807, 2.05) is 26.0 Å². The topological polar surface area (TPSA) is 128 Å². The van der Waals surface area contributed by atoms with Gasteiger partial charge in [-0.1, -0.05) is 48.0 Å². The highest BCUT2D eigenvalue weighted by molar-refractivity contribution is 7.92. The molecule has 3 aromatic carbocycles. The minimum atomic E-state index is -4.58. The number of aliphatic hydroxyl groups excluding tert-OH is 1. The van der Waals surface area contributed by atoms with E-state index in [2.05, 4.69) is 15.4 Å². The molecule has 0 spiro atoms. The number of benzene rings is 3. The van der Waals surface area contributed by atoms with Gasteiger partial charge >= 0.3 is 6.18 Å². The second kappa shape index (κ2) is 13.3. The average molecular weight is 628 g/mol. The van der Waals surface area contributed by atoms with E-state index in [-0.39, 0.29) is 42.4 Å². The van der Waals surface area contributed by atoms with Crippen molar-refractivity contribution in [2.24, 2.45) is 0 Å². The lowest BCUT2D eigenvalue weighted by Crippen LogP contribution is -2.43. The van der Waals surface area contributed by atoms with Crippen LogP contribution in [0.1, 0.15) is 47.8 Å². The van der Waals surface area contributed by atoms with E-state index in [0.29, 0.717) is 12.0 Å². The highest BCUT2D eigenvalue weighted by Gasteiger charge is 2.33. The van der Waals surface area contributed by atoms with Crippen molar-refractivity contribution in [2.75, 3.05) is 17.5 Å². The zero-order valence-electron chi connectivity index (χ0n) is 23.2. The number of β-amino-alcohol motifs (C(OH)–C–C–N with tert-alkyl or cyclic N) is 1. The number of rotatable bonds is 12. The van der Waals surface area contributed by atoms with Crippen molar-refractivity contribution < 1.29 is 36.6 Å². The highest BCUT2D eigenvalue weighted by Crippen LogP contribution is 2.35. The van der Waals surface area contributed by atoms with Crippen LogP contribution in [0.25, 0.3) is 0 Å². The lowest BCUT2D eigenvalue weighted by molar-refractivity contribution is -0.137. The van der Waals surface area contributed by atoms with Gasteiger partial charge in [0.15, 0.2) is 0 Å². The molecule has 3 aromatic rings. The first-order valence-corrected chi connectivity index (χ1v) is 15.1. The predicted molar refractivity (Wildman–Crippen MR) is 156 cm³/mol. The molecule has 228 valence electrons. The fourth-order valence-electron chi connectivity index (χ4n) is 4.23. The van der Waals surface area contributed by atoms with E-state index in [0.717, 1.165) is 29.5 Å². The molecule has 3 rings (SSSR count). The molecule has 1 amide bonds. The van der Waals surface area contributed by atoms with Gasteiger partial charge in [0.25, 0.3) is 0 Å². The van der Waals surface area contributed by atoms with Gasteiger partial charge in [0.05, 0.1) is 35.1 Å². The molecule has 0 aliphatic heterocycles. The number of amides is 1.